The average molecular weight is 374 g/mol. The van der Waals surface area contributed by atoms with Gasteiger partial charge in [-0.05, 0) is 0 Å². The molecule has 0 saturated carbocycles. The first-order valence-corrected chi connectivity index (χ1v) is 9.44. The Bertz CT molecular complexity index is 576. The van der Waals surface area contributed by atoms with Crippen LogP contribution in [0.15, 0.2) is 109 Å². The van der Waals surface area contributed by atoms with Gasteiger partial charge in [-0.3, -0.25) is 0 Å². The van der Waals surface area contributed by atoms with Crippen LogP contribution in [0.2, 0.25) is 0 Å². The molecular weight excluding hydrogens is 348 g/mol. The molecule has 0 aliphatic rings. The Morgan fingerprint density at radius 1 is 0.615 bits per heavy atom. The first-order chi connectivity index (χ1) is 12.8. The van der Waals surface area contributed by atoms with Gasteiger partial charge in [0.05, 0.1) is 0 Å². The van der Waals surface area contributed by atoms with Crippen molar-refractivity contribution >= 4 is 4.82 Å². The maximum absolute atomic E-state index is 3.25. The van der Waals surface area contributed by atoms with Crippen LogP contribution < -0.4 is 0 Å². The van der Waals surface area contributed by atoms with Crippen LogP contribution >= 0.6 is 0 Å². The van der Waals surface area contributed by atoms with E-state index in [0.717, 1.165) is 0 Å². The molecule has 0 aliphatic carbocycles. The summed E-state index contributed by atoms with van der Waals surface area (Å²) < 4.78 is 0. The van der Waals surface area contributed by atoms with Gasteiger partial charge < -0.3 is 0 Å². The summed E-state index contributed by atoms with van der Waals surface area (Å²) in [4.78, 5) is 3.25. The Morgan fingerprint density at radius 2 is 1.00 bits per heavy atom. The van der Waals surface area contributed by atoms with Gasteiger partial charge in [-0.15, -0.1) is 0 Å². The third kappa shape index (κ3) is 15.3. The van der Waals surface area contributed by atoms with Crippen molar-refractivity contribution in [3.8, 4) is 0 Å². The van der Waals surface area contributed by atoms with E-state index in [1.165, 1.54) is 11.1 Å². The van der Waals surface area contributed by atoms with Gasteiger partial charge in [0.2, 0.25) is 0 Å². The molecule has 0 saturated heterocycles. The molecule has 0 spiro atoms. The minimum atomic E-state index is 1.39. The van der Waals surface area contributed by atoms with Crippen molar-refractivity contribution in [1.82, 2.24) is 0 Å². The molecule has 1 heteroatoms. The van der Waals surface area contributed by atoms with Crippen molar-refractivity contribution in [2.45, 2.75) is 13.8 Å². The molecule has 0 N–H and O–H groups in total. The van der Waals surface area contributed by atoms with E-state index in [4.69, 9.17) is 0 Å². The van der Waals surface area contributed by atoms with E-state index in [9.17, 15) is 0 Å². The molecule has 26 heavy (non-hydrogen) atoms. The minimum Gasteiger partial charge on any atom is -0.214 e. The third-order valence-corrected chi connectivity index (χ3v) is 3.08. The SMILES string of the molecule is Cc1c[cH-]cc1C.[CH2]=[Ti].[c-]1ccccc1.[c-]1ccccc1.c1cc[cH-]c1. The maximum atomic E-state index is 3.25. The van der Waals surface area contributed by atoms with Crippen LogP contribution in [0.25, 0.3) is 0 Å². The molecule has 134 valence electrons. The second kappa shape index (κ2) is 19.1. The number of rotatable bonds is 0. The Hall–Kier alpha value is -2.28. The zero-order valence-corrected chi connectivity index (χ0v) is 17.2. The van der Waals surface area contributed by atoms with E-state index >= 15 is 0 Å². The number of hydrogen-bond donors (Lipinski definition) is 0. The molecule has 0 bridgehead atoms. The summed E-state index contributed by atoms with van der Waals surface area (Å²) in [7, 11) is 0. The molecule has 0 heterocycles. The van der Waals surface area contributed by atoms with E-state index < -0.39 is 0 Å². The molecule has 4 aromatic rings. The molecule has 4 rings (SSSR count). The number of benzene rings is 2. The van der Waals surface area contributed by atoms with Gasteiger partial charge in [-0.2, -0.15) is 120 Å². The predicted molar refractivity (Wildman–Crippen MR) is 111 cm³/mol. The fraction of sp³-hybridized carbons (Fsp3) is 0.0800. The van der Waals surface area contributed by atoms with Crippen molar-refractivity contribution in [2.75, 3.05) is 0 Å². The Kier molecular flexibility index (Phi) is 17.4. The van der Waals surface area contributed by atoms with Crippen LogP contribution in [0.5, 0.6) is 0 Å². The standard InChI is InChI=1S/C7H9.2C6H5.C5H5.CH2.Ti/c1-6-4-3-5-7(6)2;2*1-2-4-6-5-3-1;1-2-4-5-3-1;;/h3-5H,1-2H3;2*1-5H;1-5H;1H2;/q4*-1;;. The van der Waals surface area contributed by atoms with Gasteiger partial charge in [0.15, 0.2) is 0 Å². The van der Waals surface area contributed by atoms with Crippen LogP contribution in [0.3, 0.4) is 0 Å². The zero-order chi connectivity index (χ0) is 19.3. The maximum Gasteiger partial charge on any atom is -0.171 e. The summed E-state index contributed by atoms with van der Waals surface area (Å²) in [6, 6.07) is 41.3. The predicted octanol–water partition coefficient (Wildman–Crippen LogP) is 6.37. The molecule has 0 radical (unpaired) electrons. The molecule has 0 fully saturated rings. The van der Waals surface area contributed by atoms with E-state index in [2.05, 4.69) is 49.0 Å². The smallest absolute Gasteiger partial charge is 0.171 e. The van der Waals surface area contributed by atoms with Crippen LogP contribution in [-0.4, -0.2) is 4.82 Å². The van der Waals surface area contributed by atoms with Crippen LogP contribution in [0.4, 0.5) is 0 Å². The van der Waals surface area contributed by atoms with Crippen molar-refractivity contribution in [3.63, 3.8) is 0 Å². The molecule has 0 unspecified atom stereocenters. The number of aryl methyl sites for hydroxylation is 2. The quantitative estimate of drug-likeness (QED) is 0.248. The Balaban J connectivity index is 0.000000312. The van der Waals surface area contributed by atoms with Crippen LogP contribution in [-0.2, 0) is 20.0 Å². The molecular formula is C25H26Ti-4. The first kappa shape index (κ1) is 23.7. The topological polar surface area (TPSA) is 0 Å². The molecule has 4 aromatic carbocycles. The second-order valence-corrected chi connectivity index (χ2v) is 5.01. The molecule has 0 atom stereocenters. The van der Waals surface area contributed by atoms with Gasteiger partial charge in [0, 0.05) is 0 Å². The Morgan fingerprint density at radius 3 is 1.12 bits per heavy atom. The molecule has 0 amide bonds. The van der Waals surface area contributed by atoms with Crippen molar-refractivity contribution in [2.24, 2.45) is 0 Å². The van der Waals surface area contributed by atoms with Gasteiger partial charge in [-0.25, -0.2) is 12.1 Å². The largest absolute Gasteiger partial charge is 0.214 e. The van der Waals surface area contributed by atoms with Crippen LogP contribution in [0.1, 0.15) is 11.1 Å². The monoisotopic (exact) mass is 374 g/mol. The van der Waals surface area contributed by atoms with Gasteiger partial charge in [0.25, 0.3) is 0 Å². The Labute approximate surface area is 170 Å². The summed E-state index contributed by atoms with van der Waals surface area (Å²) >= 11 is 1.75. The zero-order valence-electron chi connectivity index (χ0n) is 15.6. The van der Waals surface area contributed by atoms with Crippen LogP contribution in [0, 0.1) is 26.0 Å². The van der Waals surface area contributed by atoms with E-state index in [1.54, 1.807) is 20.0 Å². The van der Waals surface area contributed by atoms with Crippen molar-refractivity contribution < 1.29 is 20.0 Å². The summed E-state index contributed by atoms with van der Waals surface area (Å²) in [5.74, 6) is 0. The van der Waals surface area contributed by atoms with E-state index in [-0.39, 0.29) is 0 Å². The van der Waals surface area contributed by atoms with Gasteiger partial charge >= 0.3 is 24.8 Å². The molecule has 0 aliphatic heterocycles. The van der Waals surface area contributed by atoms with Crippen molar-refractivity contribution in [1.29, 1.82) is 0 Å². The summed E-state index contributed by atoms with van der Waals surface area (Å²) in [5, 5.41) is 0. The first-order valence-electron chi connectivity index (χ1n) is 8.34. The van der Waals surface area contributed by atoms with Gasteiger partial charge in [0.1, 0.15) is 0 Å². The third-order valence-electron chi connectivity index (χ3n) is 3.08. The normalized spacial score (nSPS) is 7.88. The molecule has 0 aromatic heterocycles. The average Bonchev–Trinajstić information content (AvgIpc) is 3.43. The fourth-order valence-corrected chi connectivity index (χ4v) is 1.60. The molecule has 0 nitrogen and oxygen atoms in total. The van der Waals surface area contributed by atoms with Gasteiger partial charge in [-0.1, -0.05) is 13.8 Å². The summed E-state index contributed by atoms with van der Waals surface area (Å²) in [5.41, 5.74) is 2.78. The summed E-state index contributed by atoms with van der Waals surface area (Å²) in [6.07, 6.45) is 0. The summed E-state index contributed by atoms with van der Waals surface area (Å²) in [6.45, 7) is 4.24. The second-order valence-electron chi connectivity index (χ2n) is 5.01. The van der Waals surface area contributed by atoms with Crippen molar-refractivity contribution in [3.05, 3.63) is 132 Å². The van der Waals surface area contributed by atoms with E-state index in [1.807, 2.05) is 91.0 Å². The van der Waals surface area contributed by atoms with E-state index in [0.29, 0.717) is 0 Å². The minimum absolute atomic E-state index is 1.39. The number of hydrogen-bond acceptors (Lipinski definition) is 0. The fourth-order valence-electron chi connectivity index (χ4n) is 1.60.